The summed E-state index contributed by atoms with van der Waals surface area (Å²) in [7, 11) is 0. The van der Waals surface area contributed by atoms with Gasteiger partial charge in [0.2, 0.25) is 0 Å². The van der Waals surface area contributed by atoms with Crippen LogP contribution in [0.5, 0.6) is 5.75 Å². The predicted octanol–water partition coefficient (Wildman–Crippen LogP) is 2.71. The summed E-state index contributed by atoms with van der Waals surface area (Å²) in [6.45, 7) is -2.67. The van der Waals surface area contributed by atoms with E-state index in [2.05, 4.69) is 10.1 Å². The lowest BCUT2D eigenvalue weighted by Crippen LogP contribution is -2.44. The Hall–Kier alpha value is -1.69. The van der Waals surface area contributed by atoms with Crippen molar-refractivity contribution in [3.63, 3.8) is 0 Å². The van der Waals surface area contributed by atoms with Gasteiger partial charge in [0.1, 0.15) is 5.75 Å². The Morgan fingerprint density at radius 3 is 2.43 bits per heavy atom. The number of aliphatic hydroxyl groups is 1. The van der Waals surface area contributed by atoms with Crippen LogP contribution in [0.2, 0.25) is 0 Å². The molecule has 0 atom stereocenters. The minimum Gasteiger partial charge on any atom is -0.435 e. The number of carbonyl (C=O) groups is 1. The minimum atomic E-state index is -2.88. The molecule has 0 unspecified atom stereocenters. The van der Waals surface area contributed by atoms with Crippen LogP contribution >= 0.6 is 0 Å². The fraction of sp³-hybridized carbons (Fsp3) is 0.533. The van der Waals surface area contributed by atoms with Crippen molar-refractivity contribution >= 4 is 5.91 Å². The van der Waals surface area contributed by atoms with E-state index in [0.29, 0.717) is 18.4 Å². The standard InChI is InChI=1S/C15H19F2NO3/c16-14(17)21-12-6-4-11(5-7-12)13(19)18-10-15(20)8-2-1-3-9-15/h4-7,14,20H,1-3,8-10H2,(H,18,19). The number of amides is 1. The Balaban J connectivity index is 1.88. The number of nitrogens with one attached hydrogen (secondary N) is 1. The molecule has 4 nitrogen and oxygen atoms in total. The molecule has 0 aromatic heterocycles. The Morgan fingerprint density at radius 2 is 1.86 bits per heavy atom. The highest BCUT2D eigenvalue weighted by Gasteiger charge is 2.29. The third kappa shape index (κ3) is 4.67. The summed E-state index contributed by atoms with van der Waals surface area (Å²) >= 11 is 0. The van der Waals surface area contributed by atoms with Crippen LogP contribution < -0.4 is 10.1 Å². The van der Waals surface area contributed by atoms with E-state index in [1.807, 2.05) is 0 Å². The molecule has 2 N–H and O–H groups in total. The topological polar surface area (TPSA) is 58.6 Å². The van der Waals surface area contributed by atoms with Crippen LogP contribution in [0.15, 0.2) is 24.3 Å². The third-order valence-corrected chi connectivity index (χ3v) is 3.70. The predicted molar refractivity (Wildman–Crippen MR) is 73.4 cm³/mol. The number of hydrogen-bond acceptors (Lipinski definition) is 3. The molecule has 0 aliphatic heterocycles. The van der Waals surface area contributed by atoms with E-state index in [0.717, 1.165) is 19.3 Å². The van der Waals surface area contributed by atoms with Crippen LogP contribution in [0.3, 0.4) is 0 Å². The number of carbonyl (C=O) groups excluding carboxylic acids is 1. The minimum absolute atomic E-state index is 0.00691. The van der Waals surface area contributed by atoms with Gasteiger partial charge in [0, 0.05) is 12.1 Å². The van der Waals surface area contributed by atoms with E-state index >= 15 is 0 Å². The van der Waals surface area contributed by atoms with Crippen molar-refractivity contribution in [3.8, 4) is 5.75 Å². The van der Waals surface area contributed by atoms with Gasteiger partial charge >= 0.3 is 6.61 Å². The largest absolute Gasteiger partial charge is 0.435 e. The van der Waals surface area contributed by atoms with Crippen molar-refractivity contribution in [1.82, 2.24) is 5.32 Å². The number of rotatable bonds is 5. The maximum atomic E-state index is 12.0. The molecule has 1 aromatic carbocycles. The SMILES string of the molecule is O=C(NCC1(O)CCCCC1)c1ccc(OC(F)F)cc1. The molecule has 1 saturated carbocycles. The lowest BCUT2D eigenvalue weighted by atomic mass is 9.85. The highest BCUT2D eigenvalue weighted by atomic mass is 19.3. The van der Waals surface area contributed by atoms with Gasteiger partial charge in [-0.05, 0) is 37.1 Å². The molecular formula is C15H19F2NO3. The smallest absolute Gasteiger partial charge is 0.387 e. The monoisotopic (exact) mass is 299 g/mol. The molecule has 1 fully saturated rings. The first-order valence-electron chi connectivity index (χ1n) is 7.04. The van der Waals surface area contributed by atoms with Crippen LogP contribution in [0.1, 0.15) is 42.5 Å². The molecule has 6 heteroatoms. The summed E-state index contributed by atoms with van der Waals surface area (Å²) < 4.78 is 28.3. The van der Waals surface area contributed by atoms with Gasteiger partial charge in [-0.3, -0.25) is 4.79 Å². The number of benzene rings is 1. The van der Waals surface area contributed by atoms with Crippen molar-refractivity contribution in [2.24, 2.45) is 0 Å². The van der Waals surface area contributed by atoms with Crippen LogP contribution in [0.4, 0.5) is 8.78 Å². The van der Waals surface area contributed by atoms with Crippen LogP contribution in [-0.4, -0.2) is 29.8 Å². The Kier molecular flexibility index (Phi) is 5.12. The van der Waals surface area contributed by atoms with Crippen molar-refractivity contribution in [2.75, 3.05) is 6.54 Å². The summed E-state index contributed by atoms with van der Waals surface area (Å²) in [5.41, 5.74) is -0.483. The molecule has 1 aliphatic rings. The van der Waals surface area contributed by atoms with E-state index in [4.69, 9.17) is 0 Å². The lowest BCUT2D eigenvalue weighted by molar-refractivity contribution is -0.0498. The van der Waals surface area contributed by atoms with Crippen LogP contribution in [-0.2, 0) is 0 Å². The molecule has 116 valence electrons. The quantitative estimate of drug-likeness (QED) is 0.879. The zero-order valence-electron chi connectivity index (χ0n) is 11.6. The Morgan fingerprint density at radius 1 is 1.24 bits per heavy atom. The van der Waals surface area contributed by atoms with Crippen molar-refractivity contribution in [2.45, 2.75) is 44.3 Å². The van der Waals surface area contributed by atoms with Crippen molar-refractivity contribution in [3.05, 3.63) is 29.8 Å². The number of alkyl halides is 2. The van der Waals surface area contributed by atoms with Crippen LogP contribution in [0.25, 0.3) is 0 Å². The van der Waals surface area contributed by atoms with E-state index in [-0.39, 0.29) is 18.2 Å². The second-order valence-corrected chi connectivity index (χ2v) is 5.37. The van der Waals surface area contributed by atoms with E-state index < -0.39 is 12.2 Å². The van der Waals surface area contributed by atoms with E-state index in [1.54, 1.807) is 0 Å². The summed E-state index contributed by atoms with van der Waals surface area (Å²) in [6.07, 6.45) is 4.42. The molecule has 1 amide bonds. The average molecular weight is 299 g/mol. The molecule has 0 bridgehead atoms. The van der Waals surface area contributed by atoms with Gasteiger partial charge in [0.15, 0.2) is 0 Å². The van der Waals surface area contributed by atoms with Gasteiger partial charge in [0.05, 0.1) is 5.60 Å². The summed E-state index contributed by atoms with van der Waals surface area (Å²) in [5.74, 6) is -0.329. The first-order chi connectivity index (χ1) is 9.98. The zero-order valence-corrected chi connectivity index (χ0v) is 11.6. The van der Waals surface area contributed by atoms with Crippen molar-refractivity contribution in [1.29, 1.82) is 0 Å². The zero-order chi connectivity index (χ0) is 15.3. The molecule has 0 saturated heterocycles. The average Bonchev–Trinajstić information content (AvgIpc) is 2.46. The fourth-order valence-corrected chi connectivity index (χ4v) is 2.52. The van der Waals surface area contributed by atoms with E-state index in [9.17, 15) is 18.7 Å². The van der Waals surface area contributed by atoms with Crippen molar-refractivity contribution < 1.29 is 23.4 Å². The van der Waals surface area contributed by atoms with Gasteiger partial charge in [-0.1, -0.05) is 19.3 Å². The number of hydrogen-bond donors (Lipinski definition) is 2. The van der Waals surface area contributed by atoms with Gasteiger partial charge in [0.25, 0.3) is 5.91 Å². The number of halogens is 2. The molecule has 0 heterocycles. The summed E-state index contributed by atoms with van der Waals surface area (Å²) in [5, 5.41) is 13.0. The third-order valence-electron chi connectivity index (χ3n) is 3.70. The molecule has 2 rings (SSSR count). The first kappa shape index (κ1) is 15.7. The molecule has 1 aliphatic carbocycles. The molecular weight excluding hydrogens is 280 g/mol. The maximum absolute atomic E-state index is 12.0. The summed E-state index contributed by atoms with van der Waals surface area (Å²) in [6, 6.07) is 5.46. The highest BCUT2D eigenvalue weighted by molar-refractivity contribution is 5.94. The highest BCUT2D eigenvalue weighted by Crippen LogP contribution is 2.27. The van der Waals surface area contributed by atoms with E-state index in [1.165, 1.54) is 24.3 Å². The second kappa shape index (κ2) is 6.85. The van der Waals surface area contributed by atoms with Gasteiger partial charge < -0.3 is 15.2 Å². The first-order valence-corrected chi connectivity index (χ1v) is 7.04. The fourth-order valence-electron chi connectivity index (χ4n) is 2.52. The molecule has 0 spiro atoms. The Labute approximate surface area is 122 Å². The molecule has 21 heavy (non-hydrogen) atoms. The maximum Gasteiger partial charge on any atom is 0.387 e. The van der Waals surface area contributed by atoms with Crippen LogP contribution in [0, 0.1) is 0 Å². The van der Waals surface area contributed by atoms with Gasteiger partial charge in [-0.2, -0.15) is 8.78 Å². The molecule has 1 aromatic rings. The lowest BCUT2D eigenvalue weighted by Gasteiger charge is -2.32. The Bertz CT molecular complexity index is 470. The summed E-state index contributed by atoms with van der Waals surface area (Å²) in [4.78, 5) is 12.0. The molecule has 0 radical (unpaired) electrons. The van der Waals surface area contributed by atoms with Gasteiger partial charge in [-0.15, -0.1) is 0 Å². The number of ether oxygens (including phenoxy) is 1. The second-order valence-electron chi connectivity index (χ2n) is 5.37. The van der Waals surface area contributed by atoms with Gasteiger partial charge in [-0.25, -0.2) is 0 Å². The normalized spacial score (nSPS) is 17.5.